The minimum absolute atomic E-state index is 1.01. The molecule has 2 aromatic heterocycles. The molecule has 0 amide bonds. The average Bonchev–Trinajstić information content (AvgIpc) is 2.44. The molecular weight excluding hydrogens is 148 g/mol. The molecule has 2 aromatic rings. The second-order valence-corrected chi connectivity index (χ2v) is 2.77. The Morgan fingerprint density at radius 3 is 3.17 bits per heavy atom. The van der Waals surface area contributed by atoms with Crippen molar-refractivity contribution < 1.29 is 0 Å². The van der Waals surface area contributed by atoms with Gasteiger partial charge in [-0.05, 0) is 12.1 Å². The van der Waals surface area contributed by atoms with Crippen LogP contribution in [0, 0.1) is 0 Å². The SMILES string of the molecule is C=Cc1cn(C)c2ncccc12. The van der Waals surface area contributed by atoms with Gasteiger partial charge in [-0.1, -0.05) is 12.7 Å². The summed E-state index contributed by atoms with van der Waals surface area (Å²) in [6.07, 6.45) is 5.68. The third-order valence-corrected chi connectivity index (χ3v) is 1.98. The molecule has 2 heterocycles. The second-order valence-electron chi connectivity index (χ2n) is 2.77. The van der Waals surface area contributed by atoms with E-state index in [2.05, 4.69) is 17.6 Å². The first-order valence-corrected chi connectivity index (χ1v) is 3.85. The van der Waals surface area contributed by atoms with Crippen LogP contribution in [-0.4, -0.2) is 9.55 Å². The van der Waals surface area contributed by atoms with E-state index < -0.39 is 0 Å². The normalized spacial score (nSPS) is 10.4. The van der Waals surface area contributed by atoms with Gasteiger partial charge in [0, 0.05) is 30.4 Å². The maximum Gasteiger partial charge on any atom is 0.140 e. The minimum atomic E-state index is 1.01. The summed E-state index contributed by atoms with van der Waals surface area (Å²) in [5.74, 6) is 0. The highest BCUT2D eigenvalue weighted by Crippen LogP contribution is 2.18. The first-order valence-electron chi connectivity index (χ1n) is 3.85. The summed E-state index contributed by atoms with van der Waals surface area (Å²) in [5.41, 5.74) is 2.15. The predicted octanol–water partition coefficient (Wildman–Crippen LogP) is 2.22. The van der Waals surface area contributed by atoms with Crippen LogP contribution >= 0.6 is 0 Å². The van der Waals surface area contributed by atoms with Crippen molar-refractivity contribution in [1.29, 1.82) is 0 Å². The lowest BCUT2D eigenvalue weighted by Crippen LogP contribution is -1.85. The zero-order chi connectivity index (χ0) is 8.55. The van der Waals surface area contributed by atoms with E-state index in [0.717, 1.165) is 16.6 Å². The molecule has 0 N–H and O–H groups in total. The molecule has 2 heteroatoms. The molecule has 0 saturated heterocycles. The quantitative estimate of drug-likeness (QED) is 0.622. The summed E-state index contributed by atoms with van der Waals surface area (Å²) in [4.78, 5) is 4.26. The molecule has 12 heavy (non-hydrogen) atoms. The molecule has 0 atom stereocenters. The van der Waals surface area contributed by atoms with Crippen LogP contribution in [0.5, 0.6) is 0 Å². The zero-order valence-electron chi connectivity index (χ0n) is 6.99. The Bertz CT molecular complexity index is 426. The first-order chi connectivity index (χ1) is 5.83. The summed E-state index contributed by atoms with van der Waals surface area (Å²) in [6.45, 7) is 3.75. The van der Waals surface area contributed by atoms with Gasteiger partial charge in [-0.3, -0.25) is 0 Å². The molecule has 2 nitrogen and oxygen atoms in total. The monoisotopic (exact) mass is 158 g/mol. The molecule has 0 unspecified atom stereocenters. The van der Waals surface area contributed by atoms with Gasteiger partial charge in [0.25, 0.3) is 0 Å². The third kappa shape index (κ3) is 0.848. The molecule has 2 rings (SSSR count). The van der Waals surface area contributed by atoms with Gasteiger partial charge in [-0.15, -0.1) is 0 Å². The number of fused-ring (bicyclic) bond motifs is 1. The maximum absolute atomic E-state index is 4.26. The Hall–Kier alpha value is -1.57. The van der Waals surface area contributed by atoms with E-state index in [1.54, 1.807) is 6.20 Å². The van der Waals surface area contributed by atoms with Crippen molar-refractivity contribution in [3.63, 3.8) is 0 Å². The summed E-state index contributed by atoms with van der Waals surface area (Å²) >= 11 is 0. The van der Waals surface area contributed by atoms with Crippen molar-refractivity contribution in [1.82, 2.24) is 9.55 Å². The third-order valence-electron chi connectivity index (χ3n) is 1.98. The van der Waals surface area contributed by atoms with E-state index >= 15 is 0 Å². The Labute approximate surface area is 71.2 Å². The van der Waals surface area contributed by atoms with Crippen LogP contribution in [0.3, 0.4) is 0 Å². The lowest BCUT2D eigenvalue weighted by molar-refractivity contribution is 0.947. The molecule has 0 aliphatic rings. The highest BCUT2D eigenvalue weighted by molar-refractivity contribution is 5.86. The van der Waals surface area contributed by atoms with Gasteiger partial charge in [0.1, 0.15) is 5.65 Å². The molecule has 0 spiro atoms. The van der Waals surface area contributed by atoms with Crippen molar-refractivity contribution in [2.75, 3.05) is 0 Å². The predicted molar refractivity (Wildman–Crippen MR) is 50.8 cm³/mol. The van der Waals surface area contributed by atoms with Crippen molar-refractivity contribution in [2.45, 2.75) is 0 Å². The van der Waals surface area contributed by atoms with Gasteiger partial charge < -0.3 is 4.57 Å². The summed E-state index contributed by atoms with van der Waals surface area (Å²) < 4.78 is 2.01. The zero-order valence-corrected chi connectivity index (χ0v) is 6.99. The van der Waals surface area contributed by atoms with Crippen LogP contribution in [0.15, 0.2) is 31.1 Å². The maximum atomic E-state index is 4.26. The molecular formula is C10H10N2. The number of rotatable bonds is 1. The standard InChI is InChI=1S/C10H10N2/c1-3-8-7-12(2)10-9(8)5-4-6-11-10/h3-7H,1H2,2H3. The number of nitrogens with zero attached hydrogens (tertiary/aromatic N) is 2. The van der Waals surface area contributed by atoms with E-state index in [1.807, 2.05) is 30.0 Å². The van der Waals surface area contributed by atoms with Crippen molar-refractivity contribution in [3.8, 4) is 0 Å². The molecule has 0 saturated carbocycles. The Morgan fingerprint density at radius 2 is 2.42 bits per heavy atom. The minimum Gasteiger partial charge on any atom is -0.335 e. The smallest absolute Gasteiger partial charge is 0.140 e. The average molecular weight is 158 g/mol. The Balaban J connectivity index is 2.91. The van der Waals surface area contributed by atoms with E-state index in [1.165, 1.54) is 0 Å². The molecule has 0 aromatic carbocycles. The lowest BCUT2D eigenvalue weighted by Gasteiger charge is -1.91. The molecule has 0 fully saturated rings. The first kappa shape index (κ1) is 7.10. The Morgan fingerprint density at radius 1 is 1.58 bits per heavy atom. The Kier molecular flexibility index (Phi) is 1.47. The van der Waals surface area contributed by atoms with E-state index in [9.17, 15) is 0 Å². The fraction of sp³-hybridized carbons (Fsp3) is 0.100. The number of hydrogen-bond donors (Lipinski definition) is 0. The largest absolute Gasteiger partial charge is 0.335 e. The van der Waals surface area contributed by atoms with Gasteiger partial charge in [0.15, 0.2) is 0 Å². The van der Waals surface area contributed by atoms with Crippen molar-refractivity contribution in [2.24, 2.45) is 7.05 Å². The fourth-order valence-electron chi connectivity index (χ4n) is 1.41. The van der Waals surface area contributed by atoms with Gasteiger partial charge in [-0.2, -0.15) is 0 Å². The van der Waals surface area contributed by atoms with Gasteiger partial charge in [0.05, 0.1) is 0 Å². The molecule has 0 bridgehead atoms. The number of aryl methyl sites for hydroxylation is 1. The molecule has 0 radical (unpaired) electrons. The van der Waals surface area contributed by atoms with Crippen LogP contribution in [0.4, 0.5) is 0 Å². The van der Waals surface area contributed by atoms with Crippen molar-refractivity contribution in [3.05, 3.63) is 36.7 Å². The highest BCUT2D eigenvalue weighted by Gasteiger charge is 2.02. The van der Waals surface area contributed by atoms with E-state index in [4.69, 9.17) is 0 Å². The topological polar surface area (TPSA) is 17.8 Å². The van der Waals surface area contributed by atoms with Crippen LogP contribution in [-0.2, 0) is 7.05 Å². The van der Waals surface area contributed by atoms with Crippen LogP contribution < -0.4 is 0 Å². The van der Waals surface area contributed by atoms with Crippen molar-refractivity contribution >= 4 is 17.1 Å². The number of hydrogen-bond acceptors (Lipinski definition) is 1. The summed E-state index contributed by atoms with van der Waals surface area (Å²) in [6, 6.07) is 3.99. The van der Waals surface area contributed by atoms with Gasteiger partial charge in [-0.25, -0.2) is 4.98 Å². The fourth-order valence-corrected chi connectivity index (χ4v) is 1.41. The van der Waals surface area contributed by atoms with Gasteiger partial charge in [0.2, 0.25) is 0 Å². The number of aromatic nitrogens is 2. The highest BCUT2D eigenvalue weighted by atomic mass is 15.0. The lowest BCUT2D eigenvalue weighted by atomic mass is 10.2. The molecule has 60 valence electrons. The second kappa shape index (κ2) is 2.48. The van der Waals surface area contributed by atoms with Crippen LogP contribution in [0.1, 0.15) is 5.56 Å². The summed E-state index contributed by atoms with van der Waals surface area (Å²) in [7, 11) is 1.99. The van der Waals surface area contributed by atoms with Gasteiger partial charge >= 0.3 is 0 Å². The van der Waals surface area contributed by atoms with E-state index in [0.29, 0.717) is 0 Å². The molecule has 0 aliphatic heterocycles. The van der Waals surface area contributed by atoms with E-state index in [-0.39, 0.29) is 0 Å². The summed E-state index contributed by atoms with van der Waals surface area (Å²) in [5, 5.41) is 1.16. The van der Waals surface area contributed by atoms with Crippen LogP contribution in [0.2, 0.25) is 0 Å². The number of pyridine rings is 1. The molecule has 0 aliphatic carbocycles. The van der Waals surface area contributed by atoms with Crippen LogP contribution in [0.25, 0.3) is 17.1 Å².